The van der Waals surface area contributed by atoms with E-state index in [9.17, 15) is 9.59 Å². The van der Waals surface area contributed by atoms with Crippen LogP contribution in [0, 0.1) is 6.92 Å². The third kappa shape index (κ3) is 5.70. The van der Waals surface area contributed by atoms with Gasteiger partial charge in [0.05, 0.1) is 39.5 Å². The summed E-state index contributed by atoms with van der Waals surface area (Å²) in [7, 11) is 1.57. The minimum Gasteiger partial charge on any atom is -0.497 e. The number of esters is 1. The fourth-order valence-corrected chi connectivity index (χ4v) is 6.52. The monoisotopic (exact) mass is 640 g/mol. The second kappa shape index (κ2) is 11.6. The first-order valence-corrected chi connectivity index (χ1v) is 14.7. The lowest BCUT2D eigenvalue weighted by Gasteiger charge is -2.25. The van der Waals surface area contributed by atoms with Crippen molar-refractivity contribution in [2.24, 2.45) is 4.99 Å². The van der Waals surface area contributed by atoms with Gasteiger partial charge in [0.2, 0.25) is 0 Å². The zero-order valence-corrected chi connectivity index (χ0v) is 25.5. The van der Waals surface area contributed by atoms with Crippen molar-refractivity contribution in [1.29, 1.82) is 0 Å². The number of carbonyl (C=O) groups excluding carboxylic acids is 1. The number of halogens is 1. The van der Waals surface area contributed by atoms with Crippen molar-refractivity contribution in [3.8, 4) is 5.75 Å². The molecule has 206 valence electrons. The molecule has 1 atom stereocenters. The molecule has 40 heavy (non-hydrogen) atoms. The molecule has 0 amide bonds. The number of allylic oxidation sites excluding steroid dienone is 1. The van der Waals surface area contributed by atoms with Gasteiger partial charge in [0.25, 0.3) is 5.56 Å². The fourth-order valence-electron chi connectivity index (χ4n) is 4.18. The number of hydrogen-bond acceptors (Lipinski definition) is 10. The molecule has 4 heterocycles. The fraction of sp³-hybridized carbons (Fsp3) is 0.250. The van der Waals surface area contributed by atoms with Crippen molar-refractivity contribution in [1.82, 2.24) is 14.5 Å². The van der Waals surface area contributed by atoms with E-state index in [0.29, 0.717) is 52.4 Å². The van der Waals surface area contributed by atoms with Crippen LogP contribution in [0.2, 0.25) is 0 Å². The number of thiazole rings is 1. The summed E-state index contributed by atoms with van der Waals surface area (Å²) in [6.45, 7) is 7.20. The number of nitrogens with zero attached hydrogens (tertiary/aromatic N) is 4. The van der Waals surface area contributed by atoms with Crippen LogP contribution in [0.3, 0.4) is 0 Å². The molecule has 0 radical (unpaired) electrons. The molecule has 1 aliphatic heterocycles. The Morgan fingerprint density at radius 1 is 1.25 bits per heavy atom. The third-order valence-electron chi connectivity index (χ3n) is 5.90. The summed E-state index contributed by atoms with van der Waals surface area (Å²) in [6, 6.07) is 10.2. The predicted octanol–water partition coefficient (Wildman–Crippen LogP) is 4.80. The Bertz CT molecular complexity index is 1820. The number of rotatable bonds is 7. The quantitative estimate of drug-likeness (QED) is 0.209. The van der Waals surface area contributed by atoms with Gasteiger partial charge in [-0.15, -0.1) is 0 Å². The molecule has 12 heteroatoms. The molecular formula is C28H25BrN4O5S2. The summed E-state index contributed by atoms with van der Waals surface area (Å²) >= 11 is 6.03. The topological polar surface area (TPSA) is 109 Å². The van der Waals surface area contributed by atoms with E-state index in [-0.39, 0.29) is 11.7 Å². The zero-order valence-electron chi connectivity index (χ0n) is 22.3. The van der Waals surface area contributed by atoms with E-state index in [1.54, 1.807) is 46.2 Å². The van der Waals surface area contributed by atoms with Gasteiger partial charge < -0.3 is 13.9 Å². The second-order valence-electron chi connectivity index (χ2n) is 9.18. The van der Waals surface area contributed by atoms with Gasteiger partial charge in [0, 0.05) is 18.0 Å². The molecule has 1 aliphatic rings. The molecule has 3 aromatic heterocycles. The summed E-state index contributed by atoms with van der Waals surface area (Å²) in [5.41, 5.74) is 2.04. The molecule has 9 nitrogen and oxygen atoms in total. The maximum atomic E-state index is 13.9. The number of aryl methyl sites for hydroxylation is 1. The minimum absolute atomic E-state index is 0.303. The van der Waals surface area contributed by atoms with Crippen LogP contribution < -0.4 is 19.6 Å². The van der Waals surface area contributed by atoms with Crippen LogP contribution in [0.25, 0.3) is 6.08 Å². The van der Waals surface area contributed by atoms with Crippen molar-refractivity contribution in [3.05, 3.63) is 95.0 Å². The lowest BCUT2D eigenvalue weighted by molar-refractivity contribution is -0.143. The number of methoxy groups -OCH3 is 1. The van der Waals surface area contributed by atoms with E-state index >= 15 is 0 Å². The molecule has 0 bridgehead atoms. The SMILES string of the molecule is COc1cccc([C@@H]2C(C(=O)OC(C)C)=C(C)N=c3s/c(=C\c4cc(Br)c(Sc5nccc(C)n5)o4)c(=O)n32)c1. The normalized spacial score (nSPS) is 15.3. The molecule has 1 aromatic carbocycles. The summed E-state index contributed by atoms with van der Waals surface area (Å²) < 4.78 is 19.7. The lowest BCUT2D eigenvalue weighted by atomic mass is 9.95. The highest BCUT2D eigenvalue weighted by Crippen LogP contribution is 2.35. The van der Waals surface area contributed by atoms with Crippen LogP contribution in [-0.2, 0) is 9.53 Å². The van der Waals surface area contributed by atoms with Crippen LogP contribution in [0.1, 0.15) is 43.8 Å². The summed E-state index contributed by atoms with van der Waals surface area (Å²) in [5, 5.41) is 1.11. The number of benzene rings is 1. The zero-order chi connectivity index (χ0) is 28.6. The largest absolute Gasteiger partial charge is 0.497 e. The van der Waals surface area contributed by atoms with Gasteiger partial charge in [-0.25, -0.2) is 19.8 Å². The molecule has 4 aromatic rings. The number of hydrogen-bond donors (Lipinski definition) is 0. The Hall–Kier alpha value is -3.48. The third-order valence-corrected chi connectivity index (χ3v) is 8.60. The van der Waals surface area contributed by atoms with Crippen LogP contribution >= 0.6 is 39.0 Å². The van der Waals surface area contributed by atoms with E-state index < -0.39 is 12.0 Å². The Balaban J connectivity index is 1.61. The van der Waals surface area contributed by atoms with E-state index in [0.717, 1.165) is 5.69 Å². The van der Waals surface area contributed by atoms with Crippen LogP contribution in [-0.4, -0.2) is 33.7 Å². The highest BCUT2D eigenvalue weighted by atomic mass is 79.9. The first-order chi connectivity index (χ1) is 19.1. The van der Waals surface area contributed by atoms with Crippen LogP contribution in [0.5, 0.6) is 5.75 Å². The van der Waals surface area contributed by atoms with Crippen molar-refractivity contribution >= 4 is 51.1 Å². The molecular weight excluding hydrogens is 616 g/mol. The van der Waals surface area contributed by atoms with Crippen molar-refractivity contribution in [3.63, 3.8) is 0 Å². The van der Waals surface area contributed by atoms with Crippen LogP contribution in [0.4, 0.5) is 0 Å². The molecule has 0 saturated heterocycles. The van der Waals surface area contributed by atoms with Crippen molar-refractivity contribution < 1.29 is 18.7 Å². The average molecular weight is 642 g/mol. The van der Waals surface area contributed by atoms with Crippen molar-refractivity contribution in [2.45, 2.75) is 50.1 Å². The standard InChI is InChI=1S/C28H25BrN4O5S2/c1-14(2)37-25(35)22-16(4)32-28-33(23(22)17-7-6-8-18(11-17)36-5)24(34)21(39-28)13-19-12-20(29)26(38-19)40-27-30-10-9-15(3)31-27/h6-14,23H,1-5H3/b21-13-/t23-/m1/s1. The van der Waals surface area contributed by atoms with Gasteiger partial charge >= 0.3 is 5.97 Å². The molecule has 0 aliphatic carbocycles. The molecule has 0 N–H and O–H groups in total. The molecule has 0 spiro atoms. The Labute approximate surface area is 246 Å². The minimum atomic E-state index is -0.743. The Morgan fingerprint density at radius 3 is 2.77 bits per heavy atom. The second-order valence-corrected chi connectivity index (χ2v) is 12.0. The number of fused-ring (bicyclic) bond motifs is 1. The maximum absolute atomic E-state index is 13.9. The van der Waals surface area contributed by atoms with Gasteiger partial charge in [-0.05, 0) is 85.2 Å². The first-order valence-electron chi connectivity index (χ1n) is 12.3. The summed E-state index contributed by atoms with van der Waals surface area (Å²) in [6.07, 6.45) is 3.02. The first kappa shape index (κ1) is 28.1. The highest BCUT2D eigenvalue weighted by molar-refractivity contribution is 9.10. The number of carbonyl (C=O) groups is 1. The average Bonchev–Trinajstić information content (AvgIpc) is 3.40. The van der Waals surface area contributed by atoms with E-state index in [1.807, 2.05) is 37.3 Å². The molecule has 0 unspecified atom stereocenters. The van der Waals surface area contributed by atoms with Crippen molar-refractivity contribution in [2.75, 3.05) is 7.11 Å². The lowest BCUT2D eigenvalue weighted by Crippen LogP contribution is -2.40. The maximum Gasteiger partial charge on any atom is 0.338 e. The molecule has 0 saturated carbocycles. The number of ether oxygens (including phenoxy) is 2. The smallest absolute Gasteiger partial charge is 0.338 e. The van der Waals surface area contributed by atoms with Gasteiger partial charge in [-0.3, -0.25) is 9.36 Å². The van der Waals surface area contributed by atoms with Crippen LogP contribution in [0.15, 0.2) is 82.8 Å². The summed E-state index contributed by atoms with van der Waals surface area (Å²) in [4.78, 5) is 40.9. The molecule has 0 fully saturated rings. The van der Waals surface area contributed by atoms with E-state index in [1.165, 1.54) is 27.7 Å². The van der Waals surface area contributed by atoms with E-state index in [4.69, 9.17) is 13.9 Å². The van der Waals surface area contributed by atoms with Gasteiger partial charge in [0.1, 0.15) is 11.5 Å². The van der Waals surface area contributed by atoms with Gasteiger partial charge in [-0.2, -0.15) is 0 Å². The Kier molecular flexibility index (Phi) is 8.11. The van der Waals surface area contributed by atoms with E-state index in [2.05, 4.69) is 30.9 Å². The number of furan rings is 1. The van der Waals surface area contributed by atoms with Gasteiger partial charge in [0.15, 0.2) is 15.1 Å². The highest BCUT2D eigenvalue weighted by Gasteiger charge is 2.34. The molecule has 5 rings (SSSR count). The predicted molar refractivity (Wildman–Crippen MR) is 155 cm³/mol. The summed E-state index contributed by atoms with van der Waals surface area (Å²) in [5.74, 6) is 0.558. The number of aromatic nitrogens is 3. The Morgan fingerprint density at radius 2 is 2.05 bits per heavy atom. The van der Waals surface area contributed by atoms with Gasteiger partial charge in [-0.1, -0.05) is 23.5 Å².